The molecule has 0 radical (unpaired) electrons. The molecular formula is C19H22ClNO3. The molecule has 1 N–H and O–H groups in total. The van der Waals surface area contributed by atoms with Gasteiger partial charge in [0.05, 0.1) is 19.6 Å². The largest absolute Gasteiger partial charge is 0.493 e. The van der Waals surface area contributed by atoms with E-state index in [0.29, 0.717) is 23.1 Å². The average Bonchev–Trinajstić information content (AvgIpc) is 2.55. The van der Waals surface area contributed by atoms with Crippen LogP contribution in [0.25, 0.3) is 0 Å². The fourth-order valence-corrected chi connectivity index (χ4v) is 2.45. The molecule has 0 saturated carbocycles. The molecule has 4 nitrogen and oxygen atoms in total. The van der Waals surface area contributed by atoms with Crippen molar-refractivity contribution in [1.29, 1.82) is 0 Å². The Labute approximate surface area is 147 Å². The molecule has 5 heteroatoms. The van der Waals surface area contributed by atoms with E-state index in [-0.39, 0.29) is 18.4 Å². The first-order valence-corrected chi connectivity index (χ1v) is 8.21. The summed E-state index contributed by atoms with van der Waals surface area (Å²) in [5, 5.41) is 3.49. The highest BCUT2D eigenvalue weighted by Gasteiger charge is 2.09. The van der Waals surface area contributed by atoms with E-state index in [0.717, 1.165) is 11.1 Å². The number of hydrogen-bond donors (Lipinski definition) is 1. The van der Waals surface area contributed by atoms with Crippen LogP contribution in [0.1, 0.15) is 25.0 Å². The lowest BCUT2D eigenvalue weighted by Gasteiger charge is -2.14. The van der Waals surface area contributed by atoms with E-state index in [9.17, 15) is 4.79 Å². The van der Waals surface area contributed by atoms with Gasteiger partial charge in [0, 0.05) is 11.6 Å². The highest BCUT2D eigenvalue weighted by atomic mass is 35.5. The lowest BCUT2D eigenvalue weighted by molar-refractivity contribution is -0.120. The van der Waals surface area contributed by atoms with E-state index in [1.54, 1.807) is 13.2 Å². The summed E-state index contributed by atoms with van der Waals surface area (Å²) in [6.45, 7) is 4.34. The lowest BCUT2D eigenvalue weighted by atomic mass is 10.1. The second-order valence-corrected chi connectivity index (χ2v) is 6.10. The highest BCUT2D eigenvalue weighted by Crippen LogP contribution is 2.29. The van der Waals surface area contributed by atoms with Crippen molar-refractivity contribution in [2.45, 2.75) is 32.9 Å². The van der Waals surface area contributed by atoms with E-state index in [2.05, 4.69) is 5.32 Å². The minimum Gasteiger partial charge on any atom is -0.493 e. The number of hydrogen-bond acceptors (Lipinski definition) is 3. The normalized spacial score (nSPS) is 10.5. The zero-order valence-corrected chi connectivity index (χ0v) is 14.9. The van der Waals surface area contributed by atoms with Gasteiger partial charge in [-0.3, -0.25) is 4.79 Å². The Bertz CT molecular complexity index is 701. The van der Waals surface area contributed by atoms with Gasteiger partial charge in [-0.25, -0.2) is 0 Å². The van der Waals surface area contributed by atoms with Gasteiger partial charge in [0.25, 0.3) is 0 Å². The molecular weight excluding hydrogens is 326 g/mol. The molecule has 2 aromatic carbocycles. The number of nitrogens with one attached hydrogen (secondary N) is 1. The molecule has 1 amide bonds. The topological polar surface area (TPSA) is 47.6 Å². The minimum absolute atomic E-state index is 0.0695. The van der Waals surface area contributed by atoms with Crippen molar-refractivity contribution >= 4 is 17.5 Å². The third-order valence-corrected chi connectivity index (χ3v) is 3.76. The Morgan fingerprint density at radius 3 is 2.58 bits per heavy atom. The summed E-state index contributed by atoms with van der Waals surface area (Å²) in [6.07, 6.45) is 0.325. The SMILES string of the molecule is COc1cc(CNC(=O)Cc2ccccc2Cl)ccc1OC(C)C. The Morgan fingerprint density at radius 2 is 1.92 bits per heavy atom. The van der Waals surface area contributed by atoms with Crippen molar-refractivity contribution in [3.05, 3.63) is 58.6 Å². The van der Waals surface area contributed by atoms with Crippen LogP contribution in [0.2, 0.25) is 5.02 Å². The Kier molecular flexibility index (Phi) is 6.50. The average molecular weight is 348 g/mol. The van der Waals surface area contributed by atoms with Crippen LogP contribution in [0.5, 0.6) is 11.5 Å². The first kappa shape index (κ1) is 18.1. The van der Waals surface area contributed by atoms with Crippen molar-refractivity contribution < 1.29 is 14.3 Å². The molecule has 0 unspecified atom stereocenters. The van der Waals surface area contributed by atoms with Crippen LogP contribution in [-0.2, 0) is 17.8 Å². The van der Waals surface area contributed by atoms with E-state index < -0.39 is 0 Å². The summed E-state index contributed by atoms with van der Waals surface area (Å²) in [5.41, 5.74) is 1.75. The predicted molar refractivity (Wildman–Crippen MR) is 95.8 cm³/mol. The first-order valence-electron chi connectivity index (χ1n) is 7.83. The number of rotatable bonds is 7. The monoisotopic (exact) mass is 347 g/mol. The molecule has 0 aliphatic rings. The molecule has 128 valence electrons. The summed E-state index contributed by atoms with van der Waals surface area (Å²) in [7, 11) is 1.60. The minimum atomic E-state index is -0.0791. The van der Waals surface area contributed by atoms with Gasteiger partial charge < -0.3 is 14.8 Å². The van der Waals surface area contributed by atoms with Gasteiger partial charge in [0.15, 0.2) is 11.5 Å². The second-order valence-electron chi connectivity index (χ2n) is 5.70. The van der Waals surface area contributed by atoms with Gasteiger partial charge in [0.2, 0.25) is 5.91 Å². The number of ether oxygens (including phenoxy) is 2. The molecule has 0 fully saturated rings. The van der Waals surface area contributed by atoms with Crippen molar-refractivity contribution in [2.24, 2.45) is 0 Å². The maximum absolute atomic E-state index is 12.1. The Balaban J connectivity index is 1.96. The van der Waals surface area contributed by atoms with Crippen molar-refractivity contribution in [2.75, 3.05) is 7.11 Å². The van der Waals surface area contributed by atoms with Gasteiger partial charge in [-0.05, 0) is 43.2 Å². The molecule has 0 aromatic heterocycles. The Morgan fingerprint density at radius 1 is 1.17 bits per heavy atom. The Hall–Kier alpha value is -2.20. The molecule has 2 aromatic rings. The van der Waals surface area contributed by atoms with E-state index in [4.69, 9.17) is 21.1 Å². The molecule has 0 saturated heterocycles. The molecule has 0 spiro atoms. The van der Waals surface area contributed by atoms with Gasteiger partial charge >= 0.3 is 0 Å². The zero-order valence-electron chi connectivity index (χ0n) is 14.1. The number of benzene rings is 2. The zero-order chi connectivity index (χ0) is 17.5. The third kappa shape index (κ3) is 5.17. The number of halogens is 1. The molecule has 0 atom stereocenters. The van der Waals surface area contributed by atoms with Crippen molar-refractivity contribution in [3.8, 4) is 11.5 Å². The fourth-order valence-electron chi connectivity index (χ4n) is 2.25. The van der Waals surface area contributed by atoms with Crippen molar-refractivity contribution in [3.63, 3.8) is 0 Å². The van der Waals surface area contributed by atoms with E-state index >= 15 is 0 Å². The van der Waals surface area contributed by atoms with Crippen molar-refractivity contribution in [1.82, 2.24) is 5.32 Å². The highest BCUT2D eigenvalue weighted by molar-refractivity contribution is 6.31. The quantitative estimate of drug-likeness (QED) is 0.823. The fraction of sp³-hybridized carbons (Fsp3) is 0.316. The van der Waals surface area contributed by atoms with Crippen LogP contribution < -0.4 is 14.8 Å². The third-order valence-electron chi connectivity index (χ3n) is 3.39. The smallest absolute Gasteiger partial charge is 0.224 e. The van der Waals surface area contributed by atoms with Gasteiger partial charge in [0.1, 0.15) is 0 Å². The summed E-state index contributed by atoms with van der Waals surface area (Å²) >= 11 is 6.07. The number of amides is 1. The number of carbonyl (C=O) groups excluding carboxylic acids is 1. The molecule has 0 aliphatic carbocycles. The summed E-state index contributed by atoms with van der Waals surface area (Å²) < 4.78 is 11.0. The first-order chi connectivity index (χ1) is 11.5. The standard InChI is InChI=1S/C19H22ClNO3/c1-13(2)24-17-9-8-14(10-18(17)23-3)12-21-19(22)11-15-6-4-5-7-16(15)20/h4-10,13H,11-12H2,1-3H3,(H,21,22). The predicted octanol–water partition coefficient (Wildman–Crippen LogP) is 3.99. The number of carbonyl (C=O) groups is 1. The lowest BCUT2D eigenvalue weighted by Crippen LogP contribution is -2.24. The van der Waals surface area contributed by atoms with Crippen LogP contribution in [0.15, 0.2) is 42.5 Å². The molecule has 0 aliphatic heterocycles. The summed E-state index contributed by atoms with van der Waals surface area (Å²) in [4.78, 5) is 12.1. The maximum Gasteiger partial charge on any atom is 0.224 e. The molecule has 0 bridgehead atoms. The van der Waals surface area contributed by atoms with Crippen LogP contribution in [-0.4, -0.2) is 19.1 Å². The molecule has 0 heterocycles. The van der Waals surface area contributed by atoms with Gasteiger partial charge in [-0.1, -0.05) is 35.9 Å². The number of methoxy groups -OCH3 is 1. The van der Waals surface area contributed by atoms with Crippen LogP contribution in [0.4, 0.5) is 0 Å². The molecule has 2 rings (SSSR count). The van der Waals surface area contributed by atoms with E-state index in [1.165, 1.54) is 0 Å². The van der Waals surface area contributed by atoms with E-state index in [1.807, 2.05) is 50.2 Å². The van der Waals surface area contributed by atoms with Crippen LogP contribution >= 0.6 is 11.6 Å². The summed E-state index contributed by atoms with van der Waals surface area (Å²) in [5.74, 6) is 1.27. The van der Waals surface area contributed by atoms with Crippen LogP contribution in [0.3, 0.4) is 0 Å². The van der Waals surface area contributed by atoms with Gasteiger partial charge in [-0.2, -0.15) is 0 Å². The second kappa shape index (κ2) is 8.60. The maximum atomic E-state index is 12.1. The van der Waals surface area contributed by atoms with Gasteiger partial charge in [-0.15, -0.1) is 0 Å². The molecule has 24 heavy (non-hydrogen) atoms. The summed E-state index contributed by atoms with van der Waals surface area (Å²) in [6, 6.07) is 13.0. The van der Waals surface area contributed by atoms with Crippen LogP contribution in [0, 0.1) is 0 Å².